The topological polar surface area (TPSA) is 163 Å². The van der Waals surface area contributed by atoms with E-state index >= 15 is 4.39 Å². The van der Waals surface area contributed by atoms with Crippen LogP contribution in [0.1, 0.15) is 6.42 Å². The molecule has 4 aromatic rings. The first-order chi connectivity index (χ1) is 19.0. The van der Waals surface area contributed by atoms with E-state index in [9.17, 15) is 18.8 Å². The van der Waals surface area contributed by atoms with Crippen LogP contribution in [0.15, 0.2) is 37.2 Å². The van der Waals surface area contributed by atoms with Crippen LogP contribution < -0.4 is 10.6 Å². The van der Waals surface area contributed by atoms with Gasteiger partial charge < -0.3 is 25.7 Å². The molecule has 2 aromatic carbocycles. The summed E-state index contributed by atoms with van der Waals surface area (Å²) in [6.45, 7) is 5.53. The Morgan fingerprint density at radius 1 is 1.10 bits per heavy atom. The summed E-state index contributed by atoms with van der Waals surface area (Å²) in [4.78, 5) is 47.1. The number of amides is 1. The summed E-state index contributed by atoms with van der Waals surface area (Å²) < 4.78 is 30.3. The minimum Gasteiger partial charge on any atom is -0.481 e. The van der Waals surface area contributed by atoms with Gasteiger partial charge in [-0.15, -0.1) is 0 Å². The van der Waals surface area contributed by atoms with Gasteiger partial charge in [0, 0.05) is 42.7 Å². The van der Waals surface area contributed by atoms with Gasteiger partial charge >= 0.3 is 11.9 Å². The van der Waals surface area contributed by atoms with Crippen LogP contribution in [-0.4, -0.2) is 74.1 Å². The Bertz CT molecular complexity index is 1650. The van der Waals surface area contributed by atoms with Crippen molar-refractivity contribution in [3.05, 3.63) is 53.8 Å². The van der Waals surface area contributed by atoms with Crippen LogP contribution in [0.3, 0.4) is 0 Å². The fourth-order valence-corrected chi connectivity index (χ4v) is 5.26. The Morgan fingerprint density at radius 3 is 2.38 bits per heavy atom. The van der Waals surface area contributed by atoms with E-state index in [0.717, 1.165) is 11.3 Å². The number of nitrogens with zero attached hydrogens (tertiary/aromatic N) is 5. The number of aromatic nitrogens is 3. The van der Waals surface area contributed by atoms with Crippen molar-refractivity contribution >= 4 is 72.9 Å². The largest absolute Gasteiger partial charge is 0.481 e. The minimum atomic E-state index is -1.31. The first-order valence-corrected chi connectivity index (χ1v) is 12.8. The number of rotatable bonds is 5. The third kappa shape index (κ3) is 5.77. The smallest absolute Gasteiger partial charge is 0.314 e. The van der Waals surface area contributed by atoms with Gasteiger partial charge in [0.2, 0.25) is 5.91 Å². The number of fused-ring (bicyclic) bond motifs is 2. The molecule has 40 heavy (non-hydrogen) atoms. The Kier molecular flexibility index (Phi) is 8.40. The number of hydrogen-bond acceptors (Lipinski definition) is 9. The molecule has 2 aromatic heterocycles. The van der Waals surface area contributed by atoms with E-state index < -0.39 is 30.0 Å². The van der Waals surface area contributed by atoms with Gasteiger partial charge in [-0.3, -0.25) is 14.4 Å². The van der Waals surface area contributed by atoms with Crippen molar-refractivity contribution in [2.45, 2.75) is 6.42 Å². The molecule has 1 fully saturated rings. The van der Waals surface area contributed by atoms with Gasteiger partial charge in [-0.1, -0.05) is 29.5 Å². The normalized spacial score (nSPS) is 13.2. The van der Waals surface area contributed by atoms with Gasteiger partial charge in [0.1, 0.15) is 29.9 Å². The number of benzene rings is 2. The van der Waals surface area contributed by atoms with Gasteiger partial charge in [0.25, 0.3) is 0 Å². The van der Waals surface area contributed by atoms with Crippen molar-refractivity contribution in [1.29, 1.82) is 0 Å². The van der Waals surface area contributed by atoms with Crippen molar-refractivity contribution in [3.63, 3.8) is 0 Å². The van der Waals surface area contributed by atoms with E-state index in [1.807, 2.05) is 4.90 Å². The van der Waals surface area contributed by atoms with Crippen LogP contribution in [0.25, 0.3) is 32.2 Å². The van der Waals surface area contributed by atoms with Crippen LogP contribution in [0, 0.1) is 11.6 Å². The van der Waals surface area contributed by atoms with Crippen molar-refractivity contribution in [3.8, 4) is 11.1 Å². The molecule has 208 valence electrons. The number of piperazine rings is 1. The van der Waals surface area contributed by atoms with Crippen molar-refractivity contribution in [2.24, 2.45) is 0 Å². The van der Waals surface area contributed by atoms with E-state index in [1.165, 1.54) is 24.5 Å². The number of carbonyl (C=O) groups is 3. The Balaban J connectivity index is 0.000000470. The van der Waals surface area contributed by atoms with Crippen LogP contribution in [0.4, 0.5) is 19.7 Å². The van der Waals surface area contributed by atoms with Gasteiger partial charge in [0.05, 0.1) is 15.2 Å². The third-order valence-electron chi connectivity index (χ3n) is 5.95. The maximum absolute atomic E-state index is 15.8. The fourth-order valence-electron chi connectivity index (χ4n) is 4.21. The van der Waals surface area contributed by atoms with E-state index in [1.54, 1.807) is 11.0 Å². The molecule has 0 spiro atoms. The second-order valence-electron chi connectivity index (χ2n) is 8.45. The second-order valence-corrected chi connectivity index (χ2v) is 9.88. The maximum Gasteiger partial charge on any atom is 0.314 e. The molecule has 0 radical (unpaired) electrons. The van der Waals surface area contributed by atoms with E-state index in [0.29, 0.717) is 42.9 Å². The highest BCUT2D eigenvalue weighted by atomic mass is 35.5. The van der Waals surface area contributed by atoms with Crippen molar-refractivity contribution < 1.29 is 33.4 Å². The van der Waals surface area contributed by atoms with Crippen molar-refractivity contribution in [1.82, 2.24) is 19.9 Å². The molecule has 1 saturated heterocycles. The van der Waals surface area contributed by atoms with Gasteiger partial charge in [-0.25, -0.2) is 23.7 Å². The number of hydrogen-bond donors (Lipinski definition) is 3. The first-order valence-electron chi connectivity index (χ1n) is 11.6. The van der Waals surface area contributed by atoms with Gasteiger partial charge in [0.15, 0.2) is 10.9 Å². The van der Waals surface area contributed by atoms with E-state index in [2.05, 4.69) is 21.5 Å². The number of carboxylic acid groups (broad SMARTS) is 2. The van der Waals surface area contributed by atoms with Gasteiger partial charge in [-0.05, 0) is 24.3 Å². The molecule has 4 N–H and O–H groups in total. The minimum absolute atomic E-state index is 0.0746. The molecule has 5 rings (SSSR count). The predicted octanol–water partition coefficient (Wildman–Crippen LogP) is 3.80. The lowest BCUT2D eigenvalue weighted by Crippen LogP contribution is -2.48. The molecule has 15 heteroatoms. The average Bonchev–Trinajstić information content (AvgIpc) is 3.31. The van der Waals surface area contributed by atoms with Crippen LogP contribution in [0.5, 0.6) is 0 Å². The molecule has 11 nitrogen and oxygen atoms in total. The molecular formula is C25H21ClF2N6O5S. The van der Waals surface area contributed by atoms with Crippen LogP contribution in [-0.2, 0) is 14.4 Å². The van der Waals surface area contributed by atoms with E-state index in [-0.39, 0.29) is 37.4 Å². The Hall–Kier alpha value is -4.43. The lowest BCUT2D eigenvalue weighted by atomic mass is 10.0. The summed E-state index contributed by atoms with van der Waals surface area (Å²) in [5.74, 6) is -3.37. The zero-order valence-corrected chi connectivity index (χ0v) is 22.2. The zero-order chi connectivity index (χ0) is 29.1. The first kappa shape index (κ1) is 28.6. The van der Waals surface area contributed by atoms with Gasteiger partial charge in [-0.2, -0.15) is 0 Å². The van der Waals surface area contributed by atoms with Crippen LogP contribution in [0.2, 0.25) is 5.02 Å². The lowest BCUT2D eigenvalue weighted by molar-refractivity contribution is -0.147. The number of thiazole rings is 1. The molecule has 1 aliphatic rings. The highest BCUT2D eigenvalue weighted by Crippen LogP contribution is 2.42. The summed E-state index contributed by atoms with van der Waals surface area (Å²) in [5.41, 5.74) is 6.51. The zero-order valence-electron chi connectivity index (χ0n) is 20.6. The number of nitrogens with two attached hydrogens (primary N) is 1. The lowest BCUT2D eigenvalue weighted by Gasteiger charge is -2.35. The molecule has 0 unspecified atom stereocenters. The summed E-state index contributed by atoms with van der Waals surface area (Å²) in [6, 6.07) is 4.28. The monoisotopic (exact) mass is 590 g/mol. The SMILES string of the molecule is C=CC(=O)N1CCN(c2ncnc3c(F)c(-c4ccc(F)c5sc(N)nc45)c(Cl)cc23)CC1.O=C(O)CC(=O)O. The summed E-state index contributed by atoms with van der Waals surface area (Å²) >= 11 is 7.54. The number of carbonyl (C=O) groups excluding carboxylic acids is 1. The maximum atomic E-state index is 15.8. The van der Waals surface area contributed by atoms with Crippen LogP contribution >= 0.6 is 22.9 Å². The van der Waals surface area contributed by atoms with Crippen molar-refractivity contribution in [2.75, 3.05) is 36.8 Å². The number of halogens is 3. The number of nitrogen functional groups attached to an aromatic ring is 1. The number of aliphatic carboxylic acids is 2. The molecule has 0 bridgehead atoms. The summed E-state index contributed by atoms with van der Waals surface area (Å²) in [5, 5.41) is 16.1. The number of anilines is 2. The highest BCUT2D eigenvalue weighted by molar-refractivity contribution is 7.22. The molecule has 0 atom stereocenters. The summed E-state index contributed by atoms with van der Waals surface area (Å²) in [6.07, 6.45) is 1.77. The second kappa shape index (κ2) is 11.8. The average molecular weight is 591 g/mol. The number of carboxylic acids is 2. The predicted molar refractivity (Wildman–Crippen MR) is 146 cm³/mol. The molecule has 0 saturated carbocycles. The Morgan fingerprint density at radius 2 is 1.77 bits per heavy atom. The standard InChI is InChI=1S/C22H17ClF2N6OS.C3H4O4/c1-2-15(32)30-5-7-31(8-6-30)21-12-9-13(23)16(17(25)18(12)27-10-28-21)11-3-4-14(24)20-19(11)29-22(26)33-20;4-2(5)1-3(6)7/h2-4,9-10H,1,5-8H2,(H2,26,29);1H2,(H,4,5)(H,6,7). The van der Waals surface area contributed by atoms with E-state index in [4.69, 9.17) is 27.5 Å². The summed E-state index contributed by atoms with van der Waals surface area (Å²) in [7, 11) is 0. The molecule has 0 aliphatic carbocycles. The molecule has 1 amide bonds. The third-order valence-corrected chi connectivity index (χ3v) is 7.14. The molecule has 3 heterocycles. The highest BCUT2D eigenvalue weighted by Gasteiger charge is 2.25. The molecule has 1 aliphatic heterocycles. The quantitative estimate of drug-likeness (QED) is 0.230. The molecular weight excluding hydrogens is 570 g/mol. The Labute approximate surface area is 234 Å². The fraction of sp³-hybridized carbons (Fsp3) is 0.200.